The first-order chi connectivity index (χ1) is 16.7. The van der Waals surface area contributed by atoms with E-state index in [4.69, 9.17) is 4.74 Å². The fourth-order valence-electron chi connectivity index (χ4n) is 5.36. The molecule has 7 heteroatoms. The summed E-state index contributed by atoms with van der Waals surface area (Å²) in [5.41, 5.74) is 2.65. The number of likely N-dealkylation sites (tertiary alicyclic amines) is 1. The molecule has 0 spiro atoms. The van der Waals surface area contributed by atoms with Gasteiger partial charge in [-0.15, -0.1) is 0 Å². The van der Waals surface area contributed by atoms with Gasteiger partial charge >= 0.3 is 12.1 Å². The quantitative estimate of drug-likeness (QED) is 0.596. The van der Waals surface area contributed by atoms with Crippen molar-refractivity contribution in [3.8, 4) is 11.1 Å². The number of amides is 2. The molecule has 4 rings (SSSR count). The molecule has 186 valence electrons. The summed E-state index contributed by atoms with van der Waals surface area (Å²) in [6.07, 6.45) is 1.12. The Hall–Kier alpha value is -3.35. The molecule has 7 nitrogen and oxygen atoms in total. The van der Waals surface area contributed by atoms with Crippen LogP contribution in [-0.2, 0) is 14.3 Å². The zero-order chi connectivity index (χ0) is 25.2. The number of carboxylic acid groups (broad SMARTS) is 1. The molecule has 1 atom stereocenters. The van der Waals surface area contributed by atoms with Crippen LogP contribution in [0.25, 0.3) is 11.1 Å². The molecule has 1 aliphatic heterocycles. The average molecular weight is 479 g/mol. The maximum Gasteiger partial charge on any atom is 0.408 e. The number of carbonyl (C=O) groups is 3. The second-order valence-corrected chi connectivity index (χ2v) is 9.87. The lowest BCUT2D eigenvalue weighted by Gasteiger charge is -2.41. The number of rotatable bonds is 7. The van der Waals surface area contributed by atoms with Crippen molar-refractivity contribution in [3.05, 3.63) is 59.7 Å². The first kappa shape index (κ1) is 24.8. The number of carbonyl (C=O) groups excluding carboxylic acids is 2. The van der Waals surface area contributed by atoms with Crippen molar-refractivity contribution in [1.82, 2.24) is 10.2 Å². The number of hydrogen-bond acceptors (Lipinski definition) is 4. The number of alkyl carbamates (subject to hydrolysis) is 1. The summed E-state index contributed by atoms with van der Waals surface area (Å²) >= 11 is 0. The van der Waals surface area contributed by atoms with Gasteiger partial charge in [0.15, 0.2) is 0 Å². The van der Waals surface area contributed by atoms with Crippen LogP contribution in [-0.4, -0.2) is 53.2 Å². The van der Waals surface area contributed by atoms with Crippen LogP contribution in [0.2, 0.25) is 0 Å². The van der Waals surface area contributed by atoms with E-state index in [1.165, 1.54) is 0 Å². The zero-order valence-corrected chi connectivity index (χ0v) is 20.7. The topological polar surface area (TPSA) is 95.9 Å². The highest BCUT2D eigenvalue weighted by Crippen LogP contribution is 2.44. The molecule has 1 saturated heterocycles. The monoisotopic (exact) mass is 478 g/mol. The van der Waals surface area contributed by atoms with E-state index < -0.39 is 23.0 Å². The maximum atomic E-state index is 13.4. The van der Waals surface area contributed by atoms with Crippen LogP contribution in [0.4, 0.5) is 4.79 Å². The van der Waals surface area contributed by atoms with Gasteiger partial charge < -0.3 is 20.1 Å². The van der Waals surface area contributed by atoms with E-state index in [1.807, 2.05) is 38.1 Å². The Morgan fingerprint density at radius 3 is 2.06 bits per heavy atom. The molecule has 0 radical (unpaired) electrons. The van der Waals surface area contributed by atoms with Crippen molar-refractivity contribution in [3.63, 3.8) is 0 Å². The molecule has 2 aromatic carbocycles. The van der Waals surface area contributed by atoms with Crippen LogP contribution < -0.4 is 5.32 Å². The number of fused-ring (bicyclic) bond motifs is 3. The third-order valence-electron chi connectivity index (χ3n) is 8.04. The van der Waals surface area contributed by atoms with Crippen LogP contribution in [0.1, 0.15) is 63.5 Å². The number of ether oxygens (including phenoxy) is 1. The Morgan fingerprint density at radius 1 is 1.03 bits per heavy atom. The van der Waals surface area contributed by atoms with Crippen molar-refractivity contribution in [1.29, 1.82) is 0 Å². The fourth-order valence-corrected chi connectivity index (χ4v) is 5.36. The summed E-state index contributed by atoms with van der Waals surface area (Å²) < 4.78 is 5.66. The number of nitrogens with zero attached hydrogens (tertiary/aromatic N) is 1. The van der Waals surface area contributed by atoms with Gasteiger partial charge in [-0.3, -0.25) is 9.59 Å². The van der Waals surface area contributed by atoms with Gasteiger partial charge in [-0.2, -0.15) is 0 Å². The van der Waals surface area contributed by atoms with E-state index in [0.29, 0.717) is 38.8 Å². The SMILES string of the molecule is CCC1(C(=O)O)CCN(C(=O)C(C)(CC)NC(=O)OCC2c3ccccc3-c3ccccc32)CC1. The predicted molar refractivity (Wildman–Crippen MR) is 133 cm³/mol. The van der Waals surface area contributed by atoms with Gasteiger partial charge in [0.25, 0.3) is 0 Å². The summed E-state index contributed by atoms with van der Waals surface area (Å²) in [5.74, 6) is -1.07. The summed E-state index contributed by atoms with van der Waals surface area (Å²) in [5, 5.41) is 12.4. The van der Waals surface area contributed by atoms with Gasteiger partial charge in [-0.1, -0.05) is 62.4 Å². The standard InChI is InChI=1S/C28H34N2O5/c1-4-27(3,24(31)30-16-14-28(5-2,15-17-30)25(32)33)29-26(34)35-18-23-21-12-8-6-10-19(21)20-11-7-9-13-22(20)23/h6-13,23H,4-5,14-18H2,1-3H3,(H,29,34)(H,32,33). The Balaban J connectivity index is 1.40. The van der Waals surface area contributed by atoms with Crippen molar-refractivity contribution in [2.45, 2.75) is 57.9 Å². The minimum absolute atomic E-state index is 0.0583. The molecule has 1 fully saturated rings. The van der Waals surface area contributed by atoms with Crippen molar-refractivity contribution >= 4 is 18.0 Å². The van der Waals surface area contributed by atoms with Gasteiger partial charge in [0.05, 0.1) is 5.41 Å². The Bertz CT molecular complexity index is 1080. The minimum Gasteiger partial charge on any atom is -0.481 e. The fraction of sp³-hybridized carbons (Fsp3) is 0.464. The molecule has 2 N–H and O–H groups in total. The lowest BCUT2D eigenvalue weighted by molar-refractivity contribution is -0.155. The van der Waals surface area contributed by atoms with Crippen molar-refractivity contribution in [2.75, 3.05) is 19.7 Å². The summed E-state index contributed by atoms with van der Waals surface area (Å²) in [7, 11) is 0. The lowest BCUT2D eigenvalue weighted by Crippen LogP contribution is -2.59. The van der Waals surface area contributed by atoms with Gasteiger partial charge in [-0.25, -0.2) is 4.79 Å². The molecule has 1 aliphatic carbocycles. The summed E-state index contributed by atoms with van der Waals surface area (Å²) in [6, 6.07) is 16.3. The molecular formula is C28H34N2O5. The molecule has 1 unspecified atom stereocenters. The Morgan fingerprint density at radius 2 is 1.57 bits per heavy atom. The summed E-state index contributed by atoms with van der Waals surface area (Å²) in [6.45, 7) is 6.33. The first-order valence-corrected chi connectivity index (χ1v) is 12.4. The van der Waals surface area contributed by atoms with E-state index in [-0.39, 0.29) is 18.4 Å². The highest BCUT2D eigenvalue weighted by atomic mass is 16.5. The van der Waals surface area contributed by atoms with Gasteiger partial charge in [0.2, 0.25) is 5.91 Å². The minimum atomic E-state index is -1.13. The third kappa shape index (κ3) is 4.51. The first-order valence-electron chi connectivity index (χ1n) is 12.4. The van der Waals surface area contributed by atoms with Crippen LogP contribution in [0.15, 0.2) is 48.5 Å². The van der Waals surface area contributed by atoms with Crippen LogP contribution in [0.3, 0.4) is 0 Å². The number of carboxylic acids is 1. The molecule has 2 aliphatic rings. The largest absolute Gasteiger partial charge is 0.481 e. The zero-order valence-electron chi connectivity index (χ0n) is 20.7. The second kappa shape index (κ2) is 9.72. The van der Waals surface area contributed by atoms with E-state index in [1.54, 1.807) is 11.8 Å². The molecule has 0 bridgehead atoms. The van der Waals surface area contributed by atoms with Crippen LogP contribution in [0, 0.1) is 5.41 Å². The predicted octanol–water partition coefficient (Wildman–Crippen LogP) is 4.80. The normalized spacial score (nSPS) is 18.2. The number of aliphatic carboxylic acids is 1. The number of hydrogen-bond donors (Lipinski definition) is 2. The van der Waals surface area contributed by atoms with Crippen molar-refractivity contribution < 1.29 is 24.2 Å². The Labute approximate surface area is 206 Å². The highest BCUT2D eigenvalue weighted by molar-refractivity contribution is 5.90. The van der Waals surface area contributed by atoms with E-state index >= 15 is 0 Å². The molecule has 1 heterocycles. The van der Waals surface area contributed by atoms with Gasteiger partial charge in [-0.05, 0) is 54.9 Å². The molecule has 2 aromatic rings. The second-order valence-electron chi connectivity index (χ2n) is 9.87. The number of benzene rings is 2. The van der Waals surface area contributed by atoms with Gasteiger partial charge in [0.1, 0.15) is 12.1 Å². The Kier molecular flexibility index (Phi) is 6.88. The van der Waals surface area contributed by atoms with Crippen LogP contribution in [0.5, 0.6) is 0 Å². The molecule has 2 amide bonds. The number of nitrogens with one attached hydrogen (secondary N) is 1. The third-order valence-corrected chi connectivity index (χ3v) is 8.04. The molecular weight excluding hydrogens is 444 g/mol. The van der Waals surface area contributed by atoms with E-state index in [0.717, 1.165) is 22.3 Å². The highest BCUT2D eigenvalue weighted by Gasteiger charge is 2.44. The van der Waals surface area contributed by atoms with E-state index in [2.05, 4.69) is 29.6 Å². The maximum absolute atomic E-state index is 13.4. The molecule has 0 saturated carbocycles. The van der Waals surface area contributed by atoms with Gasteiger partial charge in [0, 0.05) is 19.0 Å². The smallest absolute Gasteiger partial charge is 0.408 e. The van der Waals surface area contributed by atoms with Crippen molar-refractivity contribution in [2.24, 2.45) is 5.41 Å². The van der Waals surface area contributed by atoms with E-state index in [9.17, 15) is 19.5 Å². The molecule has 35 heavy (non-hydrogen) atoms. The average Bonchev–Trinajstić information content (AvgIpc) is 3.20. The molecule has 0 aromatic heterocycles. The van der Waals surface area contributed by atoms with Crippen LogP contribution >= 0.6 is 0 Å². The summed E-state index contributed by atoms with van der Waals surface area (Å²) in [4.78, 5) is 39.6. The lowest BCUT2D eigenvalue weighted by atomic mass is 9.76. The number of piperidine rings is 1.